The smallest absolute Gasteiger partial charge is 0.258 e. The van der Waals surface area contributed by atoms with Gasteiger partial charge >= 0.3 is 0 Å². The topological polar surface area (TPSA) is 58.6 Å². The van der Waals surface area contributed by atoms with Crippen molar-refractivity contribution in [1.29, 1.82) is 0 Å². The average molecular weight is 437 g/mol. The molecule has 1 saturated heterocycles. The van der Waals surface area contributed by atoms with E-state index in [1.807, 2.05) is 54.3 Å². The number of aryl methyl sites for hydroxylation is 1. The third-order valence-electron chi connectivity index (χ3n) is 6.32. The molecule has 1 heterocycles. The first-order chi connectivity index (χ1) is 15.4. The Morgan fingerprint density at radius 2 is 1.75 bits per heavy atom. The monoisotopic (exact) mass is 436 g/mol. The molecule has 5 nitrogen and oxygen atoms in total. The van der Waals surface area contributed by atoms with Crippen LogP contribution in [0, 0.1) is 6.92 Å². The van der Waals surface area contributed by atoms with Crippen molar-refractivity contribution >= 4 is 11.8 Å². The molecule has 172 valence electrons. The molecule has 3 rings (SSSR count). The van der Waals surface area contributed by atoms with Crippen molar-refractivity contribution in [3.63, 3.8) is 0 Å². The Bertz CT molecular complexity index is 902. The standard InChI is InChI=1S/C27H36N2O3/c1-5-24(21-9-7-6-8-10-21)27(31)29-15-13-23(14-16-29)28-26(30)18-32-25-17-22(19(2)3)12-11-20(25)4/h6-12,17,19,23-24H,5,13-16,18H2,1-4H3,(H,28,30). The van der Waals surface area contributed by atoms with E-state index >= 15 is 0 Å². The number of piperidine rings is 1. The van der Waals surface area contributed by atoms with Crippen molar-refractivity contribution in [3.8, 4) is 5.75 Å². The Labute approximate surface area is 192 Å². The largest absolute Gasteiger partial charge is 0.483 e. The Morgan fingerprint density at radius 3 is 2.38 bits per heavy atom. The van der Waals surface area contributed by atoms with E-state index in [-0.39, 0.29) is 30.4 Å². The number of hydrogen-bond donors (Lipinski definition) is 1. The van der Waals surface area contributed by atoms with Gasteiger partial charge in [0.2, 0.25) is 5.91 Å². The number of nitrogens with one attached hydrogen (secondary N) is 1. The van der Waals surface area contributed by atoms with Crippen molar-refractivity contribution < 1.29 is 14.3 Å². The second-order valence-corrected chi connectivity index (χ2v) is 9.01. The first-order valence-corrected chi connectivity index (χ1v) is 11.8. The highest BCUT2D eigenvalue weighted by Crippen LogP contribution is 2.25. The molecule has 2 amide bonds. The van der Waals surface area contributed by atoms with Gasteiger partial charge in [0.25, 0.3) is 5.91 Å². The highest BCUT2D eigenvalue weighted by Gasteiger charge is 2.28. The van der Waals surface area contributed by atoms with Crippen LogP contribution in [-0.2, 0) is 9.59 Å². The van der Waals surface area contributed by atoms with Gasteiger partial charge in [0.05, 0.1) is 5.92 Å². The van der Waals surface area contributed by atoms with Gasteiger partial charge in [-0.05, 0) is 54.9 Å². The van der Waals surface area contributed by atoms with E-state index in [0.717, 1.165) is 36.1 Å². The van der Waals surface area contributed by atoms with Gasteiger partial charge in [-0.3, -0.25) is 9.59 Å². The molecule has 1 atom stereocenters. The summed E-state index contributed by atoms with van der Waals surface area (Å²) in [5, 5.41) is 3.08. The van der Waals surface area contributed by atoms with Crippen LogP contribution in [0.4, 0.5) is 0 Å². The number of nitrogens with zero attached hydrogens (tertiary/aromatic N) is 1. The predicted octanol–water partition coefficient (Wildman–Crippen LogP) is 4.80. The van der Waals surface area contributed by atoms with Gasteiger partial charge in [-0.1, -0.05) is 63.2 Å². The molecule has 0 aromatic heterocycles. The predicted molar refractivity (Wildman–Crippen MR) is 128 cm³/mol. The fraction of sp³-hybridized carbons (Fsp3) is 0.481. The molecule has 1 aliphatic rings. The van der Waals surface area contributed by atoms with E-state index in [1.54, 1.807) is 0 Å². The fourth-order valence-electron chi connectivity index (χ4n) is 4.25. The molecule has 32 heavy (non-hydrogen) atoms. The number of carbonyl (C=O) groups excluding carboxylic acids is 2. The molecular formula is C27H36N2O3. The Hall–Kier alpha value is -2.82. The second-order valence-electron chi connectivity index (χ2n) is 9.01. The molecule has 1 N–H and O–H groups in total. The molecule has 5 heteroatoms. The summed E-state index contributed by atoms with van der Waals surface area (Å²) in [6, 6.07) is 16.2. The molecule has 1 aliphatic heterocycles. The fourth-order valence-corrected chi connectivity index (χ4v) is 4.25. The number of hydrogen-bond acceptors (Lipinski definition) is 3. The van der Waals surface area contributed by atoms with E-state index in [0.29, 0.717) is 19.0 Å². The quantitative estimate of drug-likeness (QED) is 0.647. The highest BCUT2D eigenvalue weighted by molar-refractivity contribution is 5.84. The number of carbonyl (C=O) groups is 2. The minimum absolute atomic E-state index is 0.00739. The molecule has 2 aromatic carbocycles. The van der Waals surface area contributed by atoms with E-state index in [4.69, 9.17) is 4.74 Å². The normalized spacial score (nSPS) is 15.5. The minimum Gasteiger partial charge on any atom is -0.483 e. The number of likely N-dealkylation sites (tertiary alicyclic amines) is 1. The van der Waals surface area contributed by atoms with Crippen molar-refractivity contribution in [2.45, 2.75) is 64.8 Å². The highest BCUT2D eigenvalue weighted by atomic mass is 16.5. The van der Waals surface area contributed by atoms with Gasteiger partial charge in [0, 0.05) is 19.1 Å². The van der Waals surface area contributed by atoms with Crippen LogP contribution < -0.4 is 10.1 Å². The van der Waals surface area contributed by atoms with Crippen LogP contribution in [0.25, 0.3) is 0 Å². The molecule has 0 bridgehead atoms. The van der Waals surface area contributed by atoms with E-state index in [2.05, 4.69) is 32.2 Å². The van der Waals surface area contributed by atoms with Gasteiger partial charge in [0.1, 0.15) is 5.75 Å². The first-order valence-electron chi connectivity index (χ1n) is 11.8. The van der Waals surface area contributed by atoms with Crippen molar-refractivity contribution in [1.82, 2.24) is 10.2 Å². The van der Waals surface area contributed by atoms with Crippen molar-refractivity contribution in [3.05, 3.63) is 65.2 Å². The van der Waals surface area contributed by atoms with Gasteiger partial charge in [0.15, 0.2) is 6.61 Å². The van der Waals surface area contributed by atoms with Gasteiger partial charge in [-0.2, -0.15) is 0 Å². The van der Waals surface area contributed by atoms with E-state index in [9.17, 15) is 9.59 Å². The van der Waals surface area contributed by atoms with Crippen LogP contribution in [0.15, 0.2) is 48.5 Å². The molecule has 0 radical (unpaired) electrons. The Morgan fingerprint density at radius 1 is 1.06 bits per heavy atom. The van der Waals surface area contributed by atoms with Crippen molar-refractivity contribution in [2.75, 3.05) is 19.7 Å². The minimum atomic E-state index is -0.111. The zero-order valence-electron chi connectivity index (χ0n) is 19.8. The molecule has 1 fully saturated rings. The summed E-state index contributed by atoms with van der Waals surface area (Å²) in [6.07, 6.45) is 2.32. The molecule has 2 aromatic rings. The molecule has 0 spiro atoms. The maximum atomic E-state index is 13.0. The van der Waals surface area contributed by atoms with Crippen molar-refractivity contribution in [2.24, 2.45) is 0 Å². The summed E-state index contributed by atoms with van der Waals surface area (Å²) in [4.78, 5) is 27.4. The lowest BCUT2D eigenvalue weighted by atomic mass is 9.93. The number of amides is 2. The lowest BCUT2D eigenvalue weighted by Crippen LogP contribution is -2.48. The van der Waals surface area contributed by atoms with Crippen LogP contribution in [0.2, 0.25) is 0 Å². The summed E-state index contributed by atoms with van der Waals surface area (Å²) in [6.45, 7) is 9.67. The van der Waals surface area contributed by atoms with E-state index in [1.165, 1.54) is 5.56 Å². The molecule has 0 aliphatic carbocycles. The zero-order valence-corrected chi connectivity index (χ0v) is 19.8. The second kappa shape index (κ2) is 11.2. The number of benzene rings is 2. The van der Waals surface area contributed by atoms with Crippen LogP contribution in [0.5, 0.6) is 5.75 Å². The van der Waals surface area contributed by atoms with Gasteiger partial charge in [-0.25, -0.2) is 0 Å². The third kappa shape index (κ3) is 6.12. The van der Waals surface area contributed by atoms with Gasteiger partial charge in [-0.15, -0.1) is 0 Å². The number of rotatable bonds is 8. The van der Waals surface area contributed by atoms with Crippen LogP contribution in [0.1, 0.15) is 68.6 Å². The SMILES string of the molecule is CCC(C(=O)N1CCC(NC(=O)COc2cc(C(C)C)ccc2C)CC1)c1ccccc1. The average Bonchev–Trinajstić information content (AvgIpc) is 2.80. The lowest BCUT2D eigenvalue weighted by Gasteiger charge is -2.34. The molecule has 1 unspecified atom stereocenters. The van der Waals surface area contributed by atoms with Crippen LogP contribution in [0.3, 0.4) is 0 Å². The Kier molecular flexibility index (Phi) is 8.32. The maximum Gasteiger partial charge on any atom is 0.258 e. The van der Waals surface area contributed by atoms with E-state index < -0.39 is 0 Å². The third-order valence-corrected chi connectivity index (χ3v) is 6.32. The molecule has 0 saturated carbocycles. The maximum absolute atomic E-state index is 13.0. The summed E-state index contributed by atoms with van der Waals surface area (Å²) < 4.78 is 5.81. The van der Waals surface area contributed by atoms with Gasteiger partial charge < -0.3 is 15.0 Å². The number of ether oxygens (including phenoxy) is 1. The lowest BCUT2D eigenvalue weighted by molar-refractivity contribution is -0.134. The Balaban J connectivity index is 1.47. The van der Waals surface area contributed by atoms with Crippen LogP contribution in [-0.4, -0.2) is 42.5 Å². The molecular weight excluding hydrogens is 400 g/mol. The summed E-state index contributed by atoms with van der Waals surface area (Å²) >= 11 is 0. The summed E-state index contributed by atoms with van der Waals surface area (Å²) in [5.41, 5.74) is 3.30. The zero-order chi connectivity index (χ0) is 23.1. The summed E-state index contributed by atoms with van der Waals surface area (Å²) in [7, 11) is 0. The summed E-state index contributed by atoms with van der Waals surface area (Å²) in [5.74, 6) is 1.15. The first kappa shape index (κ1) is 23.8. The van der Waals surface area contributed by atoms with Crippen LogP contribution >= 0.6 is 0 Å².